The van der Waals surface area contributed by atoms with Gasteiger partial charge in [0, 0.05) is 54.0 Å². The van der Waals surface area contributed by atoms with Crippen LogP contribution in [0.4, 0.5) is 0 Å². The Morgan fingerprint density at radius 1 is 0.519 bits per heavy atom. The topological polar surface area (TPSA) is 35.9 Å². The third-order valence-corrected chi connectivity index (χ3v) is 14.4. The van der Waals surface area contributed by atoms with E-state index in [-0.39, 0.29) is 89.0 Å². The summed E-state index contributed by atoms with van der Waals surface area (Å²) in [5.41, 5.74) is 10.2. The van der Waals surface area contributed by atoms with Crippen LogP contribution in [0.15, 0.2) is 206 Å². The normalized spacial score (nSPS) is 14.6. The number of hydrogen-bond acceptors (Lipinski definition) is 2. The molecule has 12 aromatic rings. The number of aryl methyl sites for hydroxylation is 1. The standard InChI is InChI=1S/C73H64N4O.Pt/c1-48-38-69(74-46-64(48)50-24-15-12-16-25-50)77-65-33-18-17-30-62(65)63-36-35-59(45-67(63)77)78-58-29-20-28-57(44-58)75-47-76(66-37-34-51(42-68(66)75)49-22-13-11-14-23-49)70-60(52-26-19-27-54(39-52)71(2,3)4)31-21-32-61(70)53-40-55(72(5,6)7)43-56(41-53)73(8,9)10;/h11-43,46H,1-10H3;/q-2;/i1D3,11D,12D,13D,14D,15D,16D,22D,23D,24D,25D;. The maximum absolute atomic E-state index is 9.08. The van der Waals surface area contributed by atoms with Gasteiger partial charge in [-0.3, -0.25) is 4.57 Å². The summed E-state index contributed by atoms with van der Waals surface area (Å²) in [7, 11) is 0. The van der Waals surface area contributed by atoms with Crippen molar-refractivity contribution in [1.29, 1.82) is 0 Å². The predicted molar refractivity (Wildman–Crippen MR) is 323 cm³/mol. The maximum atomic E-state index is 9.08. The molecule has 0 amide bonds. The van der Waals surface area contributed by atoms with Crippen LogP contribution in [0, 0.1) is 25.3 Å². The average Bonchev–Trinajstić information content (AvgIpc) is 1.48. The largest absolute Gasteiger partial charge is 0.510 e. The average molecular weight is 1220 g/mol. The Morgan fingerprint density at radius 2 is 1.16 bits per heavy atom. The second-order valence-corrected chi connectivity index (χ2v) is 22.8. The summed E-state index contributed by atoms with van der Waals surface area (Å²) in [6, 6.07) is 47.2. The van der Waals surface area contributed by atoms with Gasteiger partial charge in [0.25, 0.3) is 6.33 Å². The molecule has 0 N–H and O–H groups in total. The van der Waals surface area contributed by atoms with Gasteiger partial charge < -0.3 is 13.9 Å². The van der Waals surface area contributed by atoms with Gasteiger partial charge in [-0.2, -0.15) is 18.2 Å². The molecule has 79 heavy (non-hydrogen) atoms. The van der Waals surface area contributed by atoms with E-state index in [4.69, 9.17) is 27.5 Å². The van der Waals surface area contributed by atoms with Gasteiger partial charge in [0.15, 0.2) is 0 Å². The van der Waals surface area contributed by atoms with Crippen LogP contribution in [0.2, 0.25) is 0 Å². The Hall–Kier alpha value is -8.11. The predicted octanol–water partition coefficient (Wildman–Crippen LogP) is 18.5. The number of aromatic nitrogens is 4. The number of fused-ring (bicyclic) bond motifs is 4. The molecule has 0 atom stereocenters. The van der Waals surface area contributed by atoms with E-state index in [1.54, 1.807) is 22.8 Å². The number of para-hydroxylation sites is 2. The van der Waals surface area contributed by atoms with Crippen molar-refractivity contribution in [3.63, 3.8) is 0 Å². The van der Waals surface area contributed by atoms with E-state index in [1.807, 2.05) is 63.7 Å². The minimum absolute atomic E-state index is 0. The van der Waals surface area contributed by atoms with Crippen LogP contribution >= 0.6 is 0 Å². The Bertz CT molecular complexity index is 4900. The molecule has 12 rings (SSSR count). The van der Waals surface area contributed by atoms with Crippen LogP contribution in [0.1, 0.15) is 102 Å². The molecular weight excluding hydrogens is 1140 g/mol. The molecular formula is C73H64N4OPt-2. The summed E-state index contributed by atoms with van der Waals surface area (Å²) in [6.07, 6.45) is 5.00. The van der Waals surface area contributed by atoms with E-state index < -0.39 is 55.2 Å². The van der Waals surface area contributed by atoms with Crippen molar-refractivity contribution >= 4 is 32.8 Å². The Morgan fingerprint density at radius 3 is 1.87 bits per heavy atom. The van der Waals surface area contributed by atoms with Crippen molar-refractivity contribution in [1.82, 2.24) is 14.1 Å². The van der Waals surface area contributed by atoms with Gasteiger partial charge >= 0.3 is 0 Å². The number of pyridine rings is 1. The van der Waals surface area contributed by atoms with Crippen LogP contribution in [-0.2, 0) is 37.3 Å². The molecule has 6 heteroatoms. The monoisotopic (exact) mass is 1220 g/mol. The fourth-order valence-electron chi connectivity index (χ4n) is 10.1. The molecule has 0 bridgehead atoms. The number of hydrogen-bond donors (Lipinski definition) is 0. The summed E-state index contributed by atoms with van der Waals surface area (Å²) in [4.78, 5) is 4.73. The third kappa shape index (κ3) is 10.2. The molecule has 0 aliphatic rings. The van der Waals surface area contributed by atoms with Gasteiger partial charge in [0.2, 0.25) is 0 Å². The van der Waals surface area contributed by atoms with E-state index in [1.165, 1.54) is 23.4 Å². The first-order chi connectivity index (χ1) is 42.8. The van der Waals surface area contributed by atoms with E-state index in [0.717, 1.165) is 44.3 Å². The minimum atomic E-state index is -2.81. The fourth-order valence-corrected chi connectivity index (χ4v) is 10.1. The molecule has 0 spiro atoms. The molecule has 0 saturated heterocycles. The maximum Gasteiger partial charge on any atom is 0.268 e. The number of rotatable bonds is 9. The number of imidazole rings is 1. The van der Waals surface area contributed by atoms with Gasteiger partial charge in [0.05, 0.1) is 30.4 Å². The second kappa shape index (κ2) is 20.6. The van der Waals surface area contributed by atoms with Gasteiger partial charge in [-0.15, -0.1) is 29.7 Å². The first kappa shape index (κ1) is 39.3. The molecule has 394 valence electrons. The summed E-state index contributed by atoms with van der Waals surface area (Å²) in [5, 5.41) is 1.54. The van der Waals surface area contributed by atoms with Crippen LogP contribution in [0.5, 0.6) is 11.5 Å². The molecule has 0 saturated carbocycles. The van der Waals surface area contributed by atoms with Crippen molar-refractivity contribution in [2.75, 3.05) is 0 Å². The molecule has 0 aliphatic heterocycles. The van der Waals surface area contributed by atoms with Crippen molar-refractivity contribution < 1.29 is 48.2 Å². The van der Waals surface area contributed by atoms with Gasteiger partial charge in [0.1, 0.15) is 5.82 Å². The zero-order valence-corrected chi connectivity index (χ0v) is 47.6. The molecule has 0 unspecified atom stereocenters. The Labute approximate surface area is 498 Å². The van der Waals surface area contributed by atoms with Crippen molar-refractivity contribution in [2.45, 2.75) is 85.4 Å². The SMILES string of the molecule is [2H]c1c([2H])c([2H])c(-c2ccc3c(c2)n(-c2[c-]c(Oc4[c-]c5c(cc4)c4ccccc4n5-c4cc(C([2H])([2H])[2H])c(-c5c([2H])c([2H])c([2H])c([2H])c5[2H])cn4)ccc2)[c-][n+]3-c2c(-c3cccc(C(C)(C)C)c3)cccc2-c2cc(C(C)(C)C)cc(C(C)(C)C)c2)c([2H])c1[2H].[Pt]. The zero-order chi connectivity index (χ0) is 65.3. The van der Waals surface area contributed by atoms with Crippen molar-refractivity contribution in [3.05, 3.63) is 247 Å². The third-order valence-electron chi connectivity index (χ3n) is 14.4. The van der Waals surface area contributed by atoms with Crippen molar-refractivity contribution in [3.8, 4) is 73.2 Å². The molecule has 9 aromatic carbocycles. The van der Waals surface area contributed by atoms with Crippen LogP contribution in [0.3, 0.4) is 0 Å². The zero-order valence-electron chi connectivity index (χ0n) is 58.4. The second-order valence-electron chi connectivity index (χ2n) is 22.8. The molecule has 5 nitrogen and oxygen atoms in total. The summed E-state index contributed by atoms with van der Waals surface area (Å²) in [6.45, 7) is 17.1. The van der Waals surface area contributed by atoms with Gasteiger partial charge in [-0.05, 0) is 114 Å². The number of nitrogens with zero attached hydrogens (tertiary/aromatic N) is 4. The quantitative estimate of drug-likeness (QED) is 0.107. The first-order valence-electron chi connectivity index (χ1n) is 32.5. The summed E-state index contributed by atoms with van der Waals surface area (Å²) in [5.74, 6) is 0.712. The number of benzene rings is 9. The minimum Gasteiger partial charge on any atom is -0.510 e. The first-order valence-corrected chi connectivity index (χ1v) is 26.0. The molecule has 3 aromatic heterocycles. The van der Waals surface area contributed by atoms with E-state index in [0.29, 0.717) is 33.3 Å². The Kier molecular flexibility index (Phi) is 10.2. The van der Waals surface area contributed by atoms with E-state index in [9.17, 15) is 0 Å². The van der Waals surface area contributed by atoms with Crippen LogP contribution in [0.25, 0.3) is 94.5 Å². The molecule has 0 radical (unpaired) electrons. The van der Waals surface area contributed by atoms with Crippen LogP contribution in [-0.4, -0.2) is 14.1 Å². The molecule has 3 heterocycles. The summed E-state index contributed by atoms with van der Waals surface area (Å²) < 4.78 is 124. The molecule has 0 aliphatic carbocycles. The van der Waals surface area contributed by atoms with Gasteiger partial charge in [-0.25, -0.2) is 4.98 Å². The summed E-state index contributed by atoms with van der Waals surface area (Å²) >= 11 is 0. The van der Waals surface area contributed by atoms with Crippen molar-refractivity contribution in [2.24, 2.45) is 0 Å². The van der Waals surface area contributed by atoms with E-state index >= 15 is 0 Å². The van der Waals surface area contributed by atoms with Crippen LogP contribution < -0.4 is 9.30 Å². The van der Waals surface area contributed by atoms with E-state index in [2.05, 4.69) is 141 Å². The number of ether oxygens (including phenoxy) is 1. The smallest absolute Gasteiger partial charge is 0.268 e. The Balaban J connectivity index is 0.00000867. The van der Waals surface area contributed by atoms with Gasteiger partial charge in [-0.1, -0.05) is 219 Å². The molecule has 0 fully saturated rings. The fraction of sp³-hybridized carbons (Fsp3) is 0.178.